The molecule has 1 heterocycles. The highest BCUT2D eigenvalue weighted by molar-refractivity contribution is 5.38. The van der Waals surface area contributed by atoms with Crippen molar-refractivity contribution in [3.05, 3.63) is 29.8 Å². The highest BCUT2D eigenvalue weighted by Crippen LogP contribution is 2.61. The van der Waals surface area contributed by atoms with Gasteiger partial charge in [-0.2, -0.15) is 0 Å². The second-order valence-corrected chi connectivity index (χ2v) is 7.39. The summed E-state index contributed by atoms with van der Waals surface area (Å²) >= 11 is 0. The van der Waals surface area contributed by atoms with E-state index in [0.29, 0.717) is 5.92 Å². The fourth-order valence-electron chi connectivity index (χ4n) is 5.54. The zero-order chi connectivity index (χ0) is 15.1. The Morgan fingerprint density at radius 1 is 1.09 bits per heavy atom. The van der Waals surface area contributed by atoms with Gasteiger partial charge >= 0.3 is 0 Å². The number of rotatable bonds is 5. The first-order valence-corrected chi connectivity index (χ1v) is 9.19. The third kappa shape index (κ3) is 2.27. The van der Waals surface area contributed by atoms with Crippen molar-refractivity contribution in [3.63, 3.8) is 0 Å². The van der Waals surface area contributed by atoms with E-state index in [1.54, 1.807) is 0 Å². The second-order valence-electron chi connectivity index (χ2n) is 7.39. The maximum absolute atomic E-state index is 6.10. The SMILES string of the molecule is CCC1C2CC(c3ccccc3OC3CCO3)C(C2)C1CC. The molecule has 3 fully saturated rings. The maximum Gasteiger partial charge on any atom is 0.202 e. The quantitative estimate of drug-likeness (QED) is 0.763. The molecule has 120 valence electrons. The van der Waals surface area contributed by atoms with Crippen LogP contribution in [0.5, 0.6) is 5.75 Å². The smallest absolute Gasteiger partial charge is 0.202 e. The molecule has 2 saturated carbocycles. The van der Waals surface area contributed by atoms with Crippen molar-refractivity contribution in [1.29, 1.82) is 0 Å². The fourth-order valence-corrected chi connectivity index (χ4v) is 5.54. The molecule has 1 aromatic rings. The molecule has 3 aliphatic rings. The monoisotopic (exact) mass is 300 g/mol. The Balaban J connectivity index is 1.58. The number of fused-ring (bicyclic) bond motifs is 2. The minimum atomic E-state index is -0.00916. The zero-order valence-electron chi connectivity index (χ0n) is 13.8. The zero-order valence-corrected chi connectivity index (χ0v) is 13.8. The molecule has 2 bridgehead atoms. The molecule has 0 radical (unpaired) electrons. The van der Waals surface area contributed by atoms with Crippen LogP contribution in [0.4, 0.5) is 0 Å². The molecule has 1 aliphatic heterocycles. The van der Waals surface area contributed by atoms with E-state index >= 15 is 0 Å². The predicted molar refractivity (Wildman–Crippen MR) is 87.9 cm³/mol. The van der Waals surface area contributed by atoms with E-state index in [4.69, 9.17) is 9.47 Å². The fraction of sp³-hybridized carbons (Fsp3) is 0.700. The lowest BCUT2D eigenvalue weighted by Crippen LogP contribution is -2.33. The Morgan fingerprint density at radius 3 is 2.55 bits per heavy atom. The average Bonchev–Trinajstić information content (AvgIpc) is 3.08. The van der Waals surface area contributed by atoms with E-state index in [0.717, 1.165) is 42.4 Å². The highest BCUT2D eigenvalue weighted by Gasteiger charge is 2.51. The summed E-state index contributed by atoms with van der Waals surface area (Å²) in [4.78, 5) is 0. The third-order valence-corrected chi connectivity index (χ3v) is 6.53. The normalized spacial score (nSPS) is 39.7. The molecule has 0 amide bonds. The molecule has 0 spiro atoms. The molecule has 2 aliphatic carbocycles. The van der Waals surface area contributed by atoms with E-state index in [1.165, 1.54) is 31.2 Å². The first-order chi connectivity index (χ1) is 10.8. The van der Waals surface area contributed by atoms with E-state index < -0.39 is 0 Å². The van der Waals surface area contributed by atoms with Gasteiger partial charge in [0.25, 0.3) is 0 Å². The summed E-state index contributed by atoms with van der Waals surface area (Å²) in [6.07, 6.45) is 6.53. The van der Waals surface area contributed by atoms with Crippen LogP contribution in [0.15, 0.2) is 24.3 Å². The van der Waals surface area contributed by atoms with Crippen LogP contribution in [-0.2, 0) is 4.74 Å². The van der Waals surface area contributed by atoms with Gasteiger partial charge in [0.1, 0.15) is 5.75 Å². The van der Waals surface area contributed by atoms with Crippen molar-refractivity contribution >= 4 is 0 Å². The lowest BCUT2D eigenvalue weighted by molar-refractivity contribution is -0.165. The first kappa shape index (κ1) is 14.6. The van der Waals surface area contributed by atoms with Crippen molar-refractivity contribution in [1.82, 2.24) is 0 Å². The lowest BCUT2D eigenvalue weighted by atomic mass is 9.70. The Morgan fingerprint density at radius 2 is 1.86 bits per heavy atom. The average molecular weight is 300 g/mol. The van der Waals surface area contributed by atoms with Gasteiger partial charge in [-0.05, 0) is 54.1 Å². The minimum Gasteiger partial charge on any atom is -0.465 e. The standard InChI is InChI=1S/C20H28O2/c1-3-14-13-11-17(15(14)4-2)18(12-13)16-7-5-6-8-19(16)22-20-9-10-21-20/h5-8,13-15,17-18,20H,3-4,9-12H2,1-2H3. The van der Waals surface area contributed by atoms with Crippen molar-refractivity contribution in [2.24, 2.45) is 23.7 Å². The number of para-hydroxylation sites is 1. The molecule has 4 rings (SSSR count). The van der Waals surface area contributed by atoms with Crippen LogP contribution in [0.3, 0.4) is 0 Å². The summed E-state index contributed by atoms with van der Waals surface area (Å²) in [6, 6.07) is 8.71. The van der Waals surface area contributed by atoms with Crippen LogP contribution >= 0.6 is 0 Å². The number of ether oxygens (including phenoxy) is 2. The van der Waals surface area contributed by atoms with Crippen molar-refractivity contribution in [3.8, 4) is 5.75 Å². The summed E-state index contributed by atoms with van der Waals surface area (Å²) in [6.45, 7) is 5.61. The van der Waals surface area contributed by atoms with Crippen LogP contribution in [0, 0.1) is 23.7 Å². The van der Waals surface area contributed by atoms with Gasteiger partial charge in [-0.1, -0.05) is 44.9 Å². The summed E-state index contributed by atoms with van der Waals surface area (Å²) in [5.74, 6) is 5.47. The second kappa shape index (κ2) is 5.88. The first-order valence-electron chi connectivity index (χ1n) is 9.19. The lowest BCUT2D eigenvalue weighted by Gasteiger charge is -2.36. The van der Waals surface area contributed by atoms with Gasteiger partial charge in [0.05, 0.1) is 6.61 Å². The highest BCUT2D eigenvalue weighted by atomic mass is 16.7. The largest absolute Gasteiger partial charge is 0.465 e. The number of benzene rings is 1. The van der Waals surface area contributed by atoms with Crippen LogP contribution in [0.2, 0.25) is 0 Å². The predicted octanol–water partition coefficient (Wildman–Crippen LogP) is 4.99. The molecule has 0 N–H and O–H groups in total. The molecule has 1 aromatic carbocycles. The third-order valence-electron chi connectivity index (χ3n) is 6.53. The molecule has 1 saturated heterocycles. The number of hydrogen-bond acceptors (Lipinski definition) is 2. The van der Waals surface area contributed by atoms with Crippen LogP contribution in [-0.4, -0.2) is 12.9 Å². The van der Waals surface area contributed by atoms with Gasteiger partial charge in [0, 0.05) is 6.42 Å². The maximum atomic E-state index is 6.10. The van der Waals surface area contributed by atoms with Gasteiger partial charge in [-0.25, -0.2) is 0 Å². The molecule has 0 aromatic heterocycles. The van der Waals surface area contributed by atoms with E-state index in [9.17, 15) is 0 Å². The Kier molecular flexibility index (Phi) is 3.89. The van der Waals surface area contributed by atoms with E-state index in [-0.39, 0.29) is 6.29 Å². The topological polar surface area (TPSA) is 18.5 Å². The molecular formula is C20H28O2. The van der Waals surface area contributed by atoms with Crippen LogP contribution in [0.25, 0.3) is 0 Å². The van der Waals surface area contributed by atoms with Gasteiger partial charge in [-0.15, -0.1) is 0 Å². The Labute approximate surface area is 134 Å². The van der Waals surface area contributed by atoms with Gasteiger partial charge in [0.2, 0.25) is 6.29 Å². The molecular weight excluding hydrogens is 272 g/mol. The molecule has 22 heavy (non-hydrogen) atoms. The summed E-state index contributed by atoms with van der Waals surface area (Å²) < 4.78 is 11.6. The van der Waals surface area contributed by atoms with E-state index in [1.807, 2.05) is 0 Å². The van der Waals surface area contributed by atoms with Crippen LogP contribution in [0.1, 0.15) is 57.4 Å². The molecule has 6 unspecified atom stereocenters. The Hall–Kier alpha value is -1.02. The molecule has 6 atom stereocenters. The summed E-state index contributed by atoms with van der Waals surface area (Å²) in [5.41, 5.74) is 1.44. The van der Waals surface area contributed by atoms with E-state index in [2.05, 4.69) is 38.1 Å². The van der Waals surface area contributed by atoms with Crippen molar-refractivity contribution in [2.45, 2.75) is 58.2 Å². The summed E-state index contributed by atoms with van der Waals surface area (Å²) in [5, 5.41) is 0. The Bertz CT molecular complexity index is 522. The van der Waals surface area contributed by atoms with Crippen molar-refractivity contribution < 1.29 is 9.47 Å². The molecule has 2 heteroatoms. The minimum absolute atomic E-state index is 0.00916. The van der Waals surface area contributed by atoms with Gasteiger partial charge in [-0.3, -0.25) is 0 Å². The summed E-state index contributed by atoms with van der Waals surface area (Å²) in [7, 11) is 0. The number of hydrogen-bond donors (Lipinski definition) is 0. The van der Waals surface area contributed by atoms with Gasteiger partial charge < -0.3 is 9.47 Å². The van der Waals surface area contributed by atoms with Crippen molar-refractivity contribution in [2.75, 3.05) is 6.61 Å². The molecule has 2 nitrogen and oxygen atoms in total. The van der Waals surface area contributed by atoms with Crippen LogP contribution < -0.4 is 4.74 Å². The van der Waals surface area contributed by atoms with Gasteiger partial charge in [0.15, 0.2) is 0 Å².